The molecule has 1 aliphatic rings. The second kappa shape index (κ2) is 7.21. The molecule has 27 heavy (non-hydrogen) atoms. The number of ether oxygens (including phenoxy) is 1. The minimum absolute atomic E-state index is 0.1000. The first-order chi connectivity index (χ1) is 12.6. The second-order valence-electron chi connectivity index (χ2n) is 6.18. The number of carbonyl (C=O) groups excluding carboxylic acids is 2. The van der Waals surface area contributed by atoms with Crippen molar-refractivity contribution in [2.75, 3.05) is 29.6 Å². The third-order valence-corrected chi connectivity index (χ3v) is 5.42. The number of amides is 2. The zero-order valence-electron chi connectivity index (χ0n) is 14.7. The molecule has 0 aromatic heterocycles. The van der Waals surface area contributed by atoms with Crippen LogP contribution >= 0.6 is 11.6 Å². The highest BCUT2D eigenvalue weighted by atomic mass is 35.5. The summed E-state index contributed by atoms with van der Waals surface area (Å²) >= 11 is 5.99. The van der Waals surface area contributed by atoms with Crippen LogP contribution in [-0.4, -0.2) is 39.6 Å². The third kappa shape index (κ3) is 4.23. The fourth-order valence-corrected chi connectivity index (χ4v) is 3.46. The fourth-order valence-electron chi connectivity index (χ4n) is 2.65. The van der Waals surface area contributed by atoms with Gasteiger partial charge in [0, 0.05) is 17.0 Å². The molecule has 1 N–H and O–H groups in total. The Morgan fingerprint density at radius 1 is 1.26 bits per heavy atom. The van der Waals surface area contributed by atoms with Gasteiger partial charge in [-0.05, 0) is 42.8 Å². The molecule has 7 nitrogen and oxygen atoms in total. The summed E-state index contributed by atoms with van der Waals surface area (Å²) in [5.74, 6) is -0.381. The van der Waals surface area contributed by atoms with Crippen molar-refractivity contribution < 1.29 is 22.7 Å². The Morgan fingerprint density at radius 3 is 2.70 bits per heavy atom. The Hall–Kier alpha value is -2.58. The van der Waals surface area contributed by atoms with Gasteiger partial charge in [-0.2, -0.15) is 0 Å². The van der Waals surface area contributed by atoms with E-state index in [2.05, 4.69) is 5.32 Å². The lowest BCUT2D eigenvalue weighted by Crippen LogP contribution is -2.43. The molecule has 0 saturated heterocycles. The van der Waals surface area contributed by atoms with Gasteiger partial charge in [0.2, 0.25) is 5.91 Å². The first kappa shape index (κ1) is 19.2. The van der Waals surface area contributed by atoms with Crippen LogP contribution in [0.5, 0.6) is 5.75 Å². The number of benzene rings is 2. The standard InChI is InChI=1S/C18H17ClN2O5S/c1-11-3-5-13(27(2,24)25)8-14(11)20-17(22)9-21-15-7-12(19)4-6-16(15)26-10-18(21)23/h3-8H,9-10H2,1-2H3,(H,20,22). The van der Waals surface area contributed by atoms with Gasteiger partial charge < -0.3 is 10.1 Å². The molecule has 142 valence electrons. The van der Waals surface area contributed by atoms with Gasteiger partial charge in [-0.1, -0.05) is 17.7 Å². The maximum Gasteiger partial charge on any atom is 0.265 e. The van der Waals surface area contributed by atoms with Crippen LogP contribution in [0.1, 0.15) is 5.56 Å². The summed E-state index contributed by atoms with van der Waals surface area (Å²) in [5, 5.41) is 3.08. The largest absolute Gasteiger partial charge is 0.482 e. The minimum atomic E-state index is -3.41. The highest BCUT2D eigenvalue weighted by Gasteiger charge is 2.27. The van der Waals surface area contributed by atoms with Crippen molar-refractivity contribution in [2.24, 2.45) is 0 Å². The molecule has 0 radical (unpaired) electrons. The van der Waals surface area contributed by atoms with Gasteiger partial charge in [-0.3, -0.25) is 14.5 Å². The Balaban J connectivity index is 1.83. The van der Waals surface area contributed by atoms with E-state index in [1.807, 2.05) is 0 Å². The van der Waals surface area contributed by atoms with E-state index in [1.165, 1.54) is 17.0 Å². The molecular weight excluding hydrogens is 392 g/mol. The summed E-state index contributed by atoms with van der Waals surface area (Å²) in [6.45, 7) is 1.32. The van der Waals surface area contributed by atoms with E-state index in [9.17, 15) is 18.0 Å². The monoisotopic (exact) mass is 408 g/mol. The maximum absolute atomic E-state index is 12.5. The van der Waals surface area contributed by atoms with Crippen molar-refractivity contribution in [1.82, 2.24) is 0 Å². The number of halogens is 1. The minimum Gasteiger partial charge on any atom is -0.482 e. The van der Waals surface area contributed by atoms with E-state index in [1.54, 1.807) is 31.2 Å². The first-order valence-corrected chi connectivity index (χ1v) is 10.3. The first-order valence-electron chi connectivity index (χ1n) is 7.98. The zero-order valence-corrected chi connectivity index (χ0v) is 16.2. The van der Waals surface area contributed by atoms with Crippen LogP contribution in [0, 0.1) is 6.92 Å². The van der Waals surface area contributed by atoms with E-state index in [-0.39, 0.29) is 24.0 Å². The number of nitrogens with one attached hydrogen (secondary N) is 1. The van der Waals surface area contributed by atoms with Crippen LogP contribution in [0.15, 0.2) is 41.3 Å². The van der Waals surface area contributed by atoms with Crippen LogP contribution in [0.25, 0.3) is 0 Å². The summed E-state index contributed by atoms with van der Waals surface area (Å²) in [6.07, 6.45) is 1.09. The average Bonchev–Trinajstić information content (AvgIpc) is 2.58. The fraction of sp³-hybridized carbons (Fsp3) is 0.222. The van der Waals surface area contributed by atoms with Crippen LogP contribution in [0.2, 0.25) is 5.02 Å². The smallest absolute Gasteiger partial charge is 0.265 e. The molecule has 0 aliphatic carbocycles. The molecule has 2 amide bonds. The summed E-state index contributed by atoms with van der Waals surface area (Å²) in [5.41, 5.74) is 1.48. The van der Waals surface area contributed by atoms with Crippen molar-refractivity contribution in [2.45, 2.75) is 11.8 Å². The predicted molar refractivity (Wildman–Crippen MR) is 102 cm³/mol. The van der Waals surface area contributed by atoms with Gasteiger partial charge in [-0.25, -0.2) is 8.42 Å². The number of aryl methyl sites for hydroxylation is 1. The highest BCUT2D eigenvalue weighted by molar-refractivity contribution is 7.90. The molecule has 1 heterocycles. The van der Waals surface area contributed by atoms with Crippen LogP contribution in [0.3, 0.4) is 0 Å². The number of nitrogens with zero attached hydrogens (tertiary/aromatic N) is 1. The number of carbonyl (C=O) groups is 2. The van der Waals surface area contributed by atoms with Crippen molar-refractivity contribution >= 4 is 44.6 Å². The molecule has 2 aromatic rings. The molecule has 1 aliphatic heterocycles. The van der Waals surface area contributed by atoms with E-state index in [4.69, 9.17) is 16.3 Å². The number of anilines is 2. The Bertz CT molecular complexity index is 1040. The predicted octanol–water partition coefficient (Wildman–Crippen LogP) is 2.42. The van der Waals surface area contributed by atoms with Crippen LogP contribution in [-0.2, 0) is 19.4 Å². The molecule has 0 bridgehead atoms. The van der Waals surface area contributed by atoms with Crippen molar-refractivity contribution in [1.29, 1.82) is 0 Å². The molecule has 9 heteroatoms. The van der Waals surface area contributed by atoms with E-state index < -0.39 is 15.7 Å². The quantitative estimate of drug-likeness (QED) is 0.838. The SMILES string of the molecule is Cc1ccc(S(C)(=O)=O)cc1NC(=O)CN1C(=O)COc2ccc(Cl)cc21. The second-order valence-corrected chi connectivity index (χ2v) is 8.63. The molecule has 0 saturated carbocycles. The molecule has 2 aromatic carbocycles. The molecule has 3 rings (SSSR count). The van der Waals surface area contributed by atoms with E-state index >= 15 is 0 Å². The van der Waals surface area contributed by atoms with Crippen LogP contribution < -0.4 is 15.0 Å². The lowest BCUT2D eigenvalue weighted by atomic mass is 10.2. The van der Waals surface area contributed by atoms with Gasteiger partial charge in [0.05, 0.1) is 10.6 Å². The average molecular weight is 409 g/mol. The number of hydrogen-bond donors (Lipinski definition) is 1. The van der Waals surface area contributed by atoms with Crippen molar-refractivity contribution in [3.05, 3.63) is 47.0 Å². The molecule has 0 atom stereocenters. The lowest BCUT2D eigenvalue weighted by molar-refractivity contribution is -0.123. The Kier molecular flexibility index (Phi) is 5.12. The van der Waals surface area contributed by atoms with Gasteiger partial charge in [0.1, 0.15) is 12.3 Å². The van der Waals surface area contributed by atoms with Gasteiger partial charge >= 0.3 is 0 Å². The van der Waals surface area contributed by atoms with Crippen LogP contribution in [0.4, 0.5) is 11.4 Å². The van der Waals surface area contributed by atoms with E-state index in [0.717, 1.165) is 6.26 Å². The summed E-state index contributed by atoms with van der Waals surface area (Å²) in [7, 11) is -3.41. The normalized spacial score (nSPS) is 13.7. The Labute approximate surface area is 161 Å². The molecule has 0 fully saturated rings. The number of rotatable bonds is 4. The number of fused-ring (bicyclic) bond motifs is 1. The summed E-state index contributed by atoms with van der Waals surface area (Å²) in [4.78, 5) is 26.1. The van der Waals surface area contributed by atoms with Gasteiger partial charge in [0.15, 0.2) is 16.4 Å². The van der Waals surface area contributed by atoms with E-state index in [0.29, 0.717) is 27.7 Å². The maximum atomic E-state index is 12.5. The number of sulfone groups is 1. The topological polar surface area (TPSA) is 92.8 Å². The van der Waals surface area contributed by atoms with Crippen molar-refractivity contribution in [3.8, 4) is 5.75 Å². The zero-order chi connectivity index (χ0) is 19.8. The number of hydrogen-bond acceptors (Lipinski definition) is 5. The molecule has 0 spiro atoms. The van der Waals surface area contributed by atoms with Gasteiger partial charge in [0.25, 0.3) is 5.91 Å². The molecule has 0 unspecified atom stereocenters. The highest BCUT2D eigenvalue weighted by Crippen LogP contribution is 2.34. The van der Waals surface area contributed by atoms with Gasteiger partial charge in [-0.15, -0.1) is 0 Å². The Morgan fingerprint density at radius 2 is 2.00 bits per heavy atom. The summed E-state index contributed by atoms with van der Waals surface area (Å²) in [6, 6.07) is 9.31. The van der Waals surface area contributed by atoms with Crippen molar-refractivity contribution in [3.63, 3.8) is 0 Å². The summed E-state index contributed by atoms with van der Waals surface area (Å²) < 4.78 is 28.8. The lowest BCUT2D eigenvalue weighted by Gasteiger charge is -2.29. The third-order valence-electron chi connectivity index (χ3n) is 4.08. The molecular formula is C18H17ClN2O5S.